The quantitative estimate of drug-likeness (QED) is 0.116. The molecule has 188 valence electrons. The van der Waals surface area contributed by atoms with Gasteiger partial charge in [0.2, 0.25) is 0 Å². The molecule has 0 bridgehead atoms. The van der Waals surface area contributed by atoms with Gasteiger partial charge in [0.15, 0.2) is 11.5 Å². The molecule has 3 aromatic carbocycles. The number of nitriles is 1. The third-order valence-electron chi connectivity index (χ3n) is 5.32. The Kier molecular flexibility index (Phi) is 9.57. The van der Waals surface area contributed by atoms with E-state index >= 15 is 0 Å². The molecule has 0 aromatic heterocycles. The van der Waals surface area contributed by atoms with Crippen LogP contribution in [0.1, 0.15) is 29.2 Å². The van der Waals surface area contributed by atoms with Gasteiger partial charge in [0.1, 0.15) is 18.2 Å². The molecule has 3 rings (SSSR count). The van der Waals surface area contributed by atoms with Gasteiger partial charge in [-0.1, -0.05) is 36.4 Å². The molecular weight excluding hydrogens is 470 g/mol. The molecule has 0 aliphatic carbocycles. The van der Waals surface area contributed by atoms with Crippen LogP contribution in [0.5, 0.6) is 11.5 Å². The number of ether oxygens (including phenoxy) is 2. The number of allylic oxidation sites excluding steroid dienone is 1. The minimum Gasteiger partial charge on any atom is -0.490 e. The standard InChI is InChI=1S/C29H27N3O5/c1-3-8-24-15-23(16-25(18-30)29(33)31-19-21-9-6-5-7-10-21)17-27(36-4-2)28(24)37-20-22-11-13-26(14-12-22)32(34)35/h3,5-7,9-17H,1,4,8,19-20H2,2H3,(H,31,33)/b25-16+. The lowest BCUT2D eigenvalue weighted by Gasteiger charge is -2.17. The Morgan fingerprint density at radius 3 is 2.46 bits per heavy atom. The van der Waals surface area contributed by atoms with E-state index in [1.54, 1.807) is 24.3 Å². The predicted molar refractivity (Wildman–Crippen MR) is 141 cm³/mol. The van der Waals surface area contributed by atoms with Gasteiger partial charge < -0.3 is 14.8 Å². The maximum Gasteiger partial charge on any atom is 0.269 e. The smallest absolute Gasteiger partial charge is 0.269 e. The fourth-order valence-electron chi connectivity index (χ4n) is 3.56. The molecule has 0 saturated carbocycles. The highest BCUT2D eigenvalue weighted by Gasteiger charge is 2.16. The van der Waals surface area contributed by atoms with E-state index in [-0.39, 0.29) is 17.9 Å². The van der Waals surface area contributed by atoms with Gasteiger partial charge in [0, 0.05) is 24.2 Å². The van der Waals surface area contributed by atoms with Crippen LogP contribution in [-0.4, -0.2) is 17.4 Å². The Balaban J connectivity index is 1.86. The van der Waals surface area contributed by atoms with Crippen LogP contribution in [-0.2, 0) is 24.4 Å². The van der Waals surface area contributed by atoms with Crippen LogP contribution in [0.3, 0.4) is 0 Å². The van der Waals surface area contributed by atoms with Crippen molar-refractivity contribution in [3.05, 3.63) is 117 Å². The number of carbonyl (C=O) groups is 1. The first-order chi connectivity index (χ1) is 17.9. The Morgan fingerprint density at radius 2 is 1.84 bits per heavy atom. The van der Waals surface area contributed by atoms with Crippen molar-refractivity contribution in [2.45, 2.75) is 26.5 Å². The summed E-state index contributed by atoms with van der Waals surface area (Å²) in [5, 5.41) is 23.3. The molecule has 1 N–H and O–H groups in total. The zero-order chi connectivity index (χ0) is 26.6. The van der Waals surface area contributed by atoms with Gasteiger partial charge in [-0.3, -0.25) is 14.9 Å². The molecule has 0 saturated heterocycles. The van der Waals surface area contributed by atoms with E-state index in [9.17, 15) is 20.2 Å². The summed E-state index contributed by atoms with van der Waals surface area (Å²) < 4.78 is 11.9. The number of rotatable bonds is 12. The van der Waals surface area contributed by atoms with Crippen LogP contribution >= 0.6 is 0 Å². The summed E-state index contributed by atoms with van der Waals surface area (Å²) in [5.74, 6) is 0.481. The molecule has 37 heavy (non-hydrogen) atoms. The van der Waals surface area contributed by atoms with Crippen LogP contribution in [0.25, 0.3) is 6.08 Å². The number of hydrogen-bond acceptors (Lipinski definition) is 6. The van der Waals surface area contributed by atoms with Crippen molar-refractivity contribution in [2.24, 2.45) is 0 Å². The molecule has 0 aliphatic rings. The normalized spacial score (nSPS) is 10.8. The Morgan fingerprint density at radius 1 is 1.11 bits per heavy atom. The molecule has 0 aliphatic heterocycles. The fourth-order valence-corrected chi connectivity index (χ4v) is 3.56. The molecule has 0 unspecified atom stereocenters. The molecule has 1 amide bonds. The number of nitrogens with one attached hydrogen (secondary N) is 1. The largest absolute Gasteiger partial charge is 0.490 e. The summed E-state index contributed by atoms with van der Waals surface area (Å²) in [7, 11) is 0. The summed E-state index contributed by atoms with van der Waals surface area (Å²) in [5.41, 5.74) is 3.01. The van der Waals surface area contributed by atoms with E-state index in [2.05, 4.69) is 11.9 Å². The number of benzene rings is 3. The lowest BCUT2D eigenvalue weighted by atomic mass is 10.0. The highest BCUT2D eigenvalue weighted by Crippen LogP contribution is 2.35. The zero-order valence-corrected chi connectivity index (χ0v) is 20.5. The maximum atomic E-state index is 12.6. The van der Waals surface area contributed by atoms with Crippen molar-refractivity contribution >= 4 is 17.7 Å². The number of carbonyl (C=O) groups excluding carboxylic acids is 1. The second-order valence-electron chi connectivity index (χ2n) is 7.98. The van der Waals surface area contributed by atoms with E-state index in [0.29, 0.717) is 36.6 Å². The number of hydrogen-bond donors (Lipinski definition) is 1. The van der Waals surface area contributed by atoms with Gasteiger partial charge in [0.25, 0.3) is 11.6 Å². The van der Waals surface area contributed by atoms with Crippen molar-refractivity contribution in [3.63, 3.8) is 0 Å². The first kappa shape index (κ1) is 26.7. The number of nitro groups is 1. The lowest BCUT2D eigenvalue weighted by Crippen LogP contribution is -2.23. The van der Waals surface area contributed by atoms with Crippen molar-refractivity contribution in [3.8, 4) is 17.6 Å². The summed E-state index contributed by atoms with van der Waals surface area (Å²) in [6, 6.07) is 21.0. The van der Waals surface area contributed by atoms with Gasteiger partial charge in [-0.05, 0) is 60.4 Å². The zero-order valence-electron chi connectivity index (χ0n) is 20.5. The van der Waals surface area contributed by atoms with Crippen LogP contribution in [0.4, 0.5) is 5.69 Å². The topological polar surface area (TPSA) is 114 Å². The van der Waals surface area contributed by atoms with Crippen LogP contribution in [0.2, 0.25) is 0 Å². The third kappa shape index (κ3) is 7.54. The molecule has 0 heterocycles. The molecule has 8 heteroatoms. The van der Waals surface area contributed by atoms with Crippen LogP contribution in [0, 0.1) is 21.4 Å². The van der Waals surface area contributed by atoms with Gasteiger partial charge in [-0.15, -0.1) is 6.58 Å². The van der Waals surface area contributed by atoms with E-state index < -0.39 is 10.8 Å². The third-order valence-corrected chi connectivity index (χ3v) is 5.32. The number of nitrogens with zero attached hydrogens (tertiary/aromatic N) is 2. The van der Waals surface area contributed by atoms with Gasteiger partial charge >= 0.3 is 0 Å². The minimum atomic E-state index is -0.479. The van der Waals surface area contributed by atoms with E-state index in [1.165, 1.54) is 18.2 Å². The molecule has 0 fully saturated rings. The highest BCUT2D eigenvalue weighted by molar-refractivity contribution is 6.01. The SMILES string of the molecule is C=CCc1cc(/C=C(\C#N)C(=O)NCc2ccccc2)cc(OCC)c1OCc1ccc([N+](=O)[O-])cc1. The molecular formula is C29H27N3O5. The Hall–Kier alpha value is -4.90. The number of amides is 1. The van der Waals surface area contributed by atoms with Gasteiger partial charge in [0.05, 0.1) is 11.5 Å². The van der Waals surface area contributed by atoms with Gasteiger partial charge in [-0.2, -0.15) is 5.26 Å². The van der Waals surface area contributed by atoms with E-state index in [0.717, 1.165) is 16.7 Å². The maximum absolute atomic E-state index is 12.6. The summed E-state index contributed by atoms with van der Waals surface area (Å²) in [4.78, 5) is 23.1. The van der Waals surface area contributed by atoms with Gasteiger partial charge in [-0.25, -0.2) is 0 Å². The van der Waals surface area contributed by atoms with Crippen LogP contribution in [0.15, 0.2) is 85.0 Å². The summed E-state index contributed by atoms with van der Waals surface area (Å²) >= 11 is 0. The molecule has 3 aromatic rings. The lowest BCUT2D eigenvalue weighted by molar-refractivity contribution is -0.384. The van der Waals surface area contributed by atoms with Crippen molar-refractivity contribution in [2.75, 3.05) is 6.61 Å². The molecule has 0 radical (unpaired) electrons. The average Bonchev–Trinajstić information content (AvgIpc) is 2.91. The highest BCUT2D eigenvalue weighted by atomic mass is 16.6. The molecule has 0 spiro atoms. The predicted octanol–water partition coefficient (Wildman–Crippen LogP) is 5.52. The Bertz CT molecular complexity index is 1330. The first-order valence-corrected chi connectivity index (χ1v) is 11.7. The monoisotopic (exact) mass is 497 g/mol. The summed E-state index contributed by atoms with van der Waals surface area (Å²) in [6.07, 6.45) is 3.68. The number of non-ortho nitro benzene ring substituents is 1. The summed E-state index contributed by atoms with van der Waals surface area (Å²) in [6.45, 7) is 6.50. The van der Waals surface area contributed by atoms with Crippen molar-refractivity contribution in [1.29, 1.82) is 5.26 Å². The minimum absolute atomic E-state index is 0.00310. The van der Waals surface area contributed by atoms with E-state index in [1.807, 2.05) is 49.4 Å². The number of nitro benzene ring substituents is 1. The van der Waals surface area contributed by atoms with Crippen LogP contribution < -0.4 is 14.8 Å². The van der Waals surface area contributed by atoms with Crippen molar-refractivity contribution < 1.29 is 19.2 Å². The second-order valence-corrected chi connectivity index (χ2v) is 7.98. The fraction of sp³-hybridized carbons (Fsp3) is 0.172. The second kappa shape index (κ2) is 13.3. The first-order valence-electron chi connectivity index (χ1n) is 11.7. The molecule has 0 atom stereocenters. The Labute approximate surface area is 215 Å². The average molecular weight is 498 g/mol. The molecule has 8 nitrogen and oxygen atoms in total. The van der Waals surface area contributed by atoms with Crippen molar-refractivity contribution in [1.82, 2.24) is 5.32 Å². The van der Waals surface area contributed by atoms with E-state index in [4.69, 9.17) is 9.47 Å².